The molecule has 0 atom stereocenters. The Morgan fingerprint density at radius 3 is 2.51 bits per heavy atom. The van der Waals surface area contributed by atoms with E-state index in [9.17, 15) is 8.42 Å². The van der Waals surface area contributed by atoms with Crippen molar-refractivity contribution in [3.63, 3.8) is 0 Å². The first-order valence-electron chi connectivity index (χ1n) is 12.4. The molecule has 7 rings (SSSR count). The number of benzene rings is 2. The van der Waals surface area contributed by atoms with Crippen LogP contribution in [0.4, 0.5) is 5.82 Å². The summed E-state index contributed by atoms with van der Waals surface area (Å²) >= 11 is 1.78. The van der Waals surface area contributed by atoms with Crippen LogP contribution in [0.1, 0.15) is 23.3 Å². The summed E-state index contributed by atoms with van der Waals surface area (Å²) in [6.45, 7) is 1.78. The molecule has 11 heteroatoms. The summed E-state index contributed by atoms with van der Waals surface area (Å²) < 4.78 is 33.3. The van der Waals surface area contributed by atoms with E-state index in [0.29, 0.717) is 37.5 Å². The maximum Gasteiger partial charge on any atom is 0.245 e. The van der Waals surface area contributed by atoms with Crippen molar-refractivity contribution >= 4 is 48.4 Å². The van der Waals surface area contributed by atoms with Crippen LogP contribution in [-0.4, -0.2) is 59.2 Å². The Hall–Kier alpha value is -3.41. The molecule has 37 heavy (non-hydrogen) atoms. The summed E-state index contributed by atoms with van der Waals surface area (Å²) in [6, 6.07) is 15.0. The Morgan fingerprint density at radius 2 is 1.68 bits per heavy atom. The molecule has 0 bridgehead atoms. The molecule has 188 valence electrons. The van der Waals surface area contributed by atoms with Gasteiger partial charge >= 0.3 is 0 Å². The molecule has 0 unspecified atom stereocenters. The first-order valence-corrected chi connectivity index (χ1v) is 14.7. The van der Waals surface area contributed by atoms with Gasteiger partial charge in [-0.2, -0.15) is 4.31 Å². The lowest BCUT2D eigenvalue weighted by atomic mass is 9.97. The lowest BCUT2D eigenvalue weighted by molar-refractivity contribution is 0.315. The lowest BCUT2D eigenvalue weighted by Gasteiger charge is -2.35. The molecule has 0 N–H and O–H groups in total. The van der Waals surface area contributed by atoms with Crippen molar-refractivity contribution < 1.29 is 13.0 Å². The third-order valence-corrected chi connectivity index (χ3v) is 10.3. The van der Waals surface area contributed by atoms with Gasteiger partial charge in [0, 0.05) is 36.6 Å². The minimum Gasteiger partial charge on any atom is -0.353 e. The van der Waals surface area contributed by atoms with Crippen LogP contribution in [-0.2, 0) is 22.9 Å². The standard InChI is InChI=1S/C26H24N6O3S2/c33-37(34,21-12-6-10-19-23(21)30-35-29-19)32-15-13-31(14-16-32)25-22-18-9-4-5-11-20(18)36-26(22)28-24(27-25)17-7-2-1-3-8-17/h1-3,6-8,10,12H,4-5,9,11,13-16H2. The highest BCUT2D eigenvalue weighted by molar-refractivity contribution is 7.89. The largest absolute Gasteiger partial charge is 0.353 e. The zero-order chi connectivity index (χ0) is 25.0. The molecule has 1 fully saturated rings. The summed E-state index contributed by atoms with van der Waals surface area (Å²) in [4.78, 5) is 14.8. The Kier molecular flexibility index (Phi) is 5.45. The second-order valence-corrected chi connectivity index (χ2v) is 12.4. The van der Waals surface area contributed by atoms with Crippen molar-refractivity contribution in [1.29, 1.82) is 0 Å². The number of thiophene rings is 1. The molecular weight excluding hydrogens is 508 g/mol. The van der Waals surface area contributed by atoms with E-state index >= 15 is 0 Å². The summed E-state index contributed by atoms with van der Waals surface area (Å²) in [5.74, 6) is 1.63. The van der Waals surface area contributed by atoms with Gasteiger partial charge in [0.1, 0.15) is 21.1 Å². The van der Waals surface area contributed by atoms with Crippen LogP contribution in [0.15, 0.2) is 58.1 Å². The van der Waals surface area contributed by atoms with E-state index < -0.39 is 10.0 Å². The molecule has 1 saturated heterocycles. The zero-order valence-electron chi connectivity index (χ0n) is 20.0. The average Bonchev–Trinajstić information content (AvgIpc) is 3.57. The van der Waals surface area contributed by atoms with E-state index in [4.69, 9.17) is 14.6 Å². The second kappa shape index (κ2) is 8.86. The van der Waals surface area contributed by atoms with Crippen molar-refractivity contribution in [3.8, 4) is 11.4 Å². The minimum absolute atomic E-state index is 0.127. The van der Waals surface area contributed by atoms with Gasteiger partial charge in [-0.3, -0.25) is 0 Å². The molecule has 1 aliphatic heterocycles. The van der Waals surface area contributed by atoms with E-state index in [1.54, 1.807) is 29.5 Å². The molecule has 2 aliphatic rings. The average molecular weight is 533 g/mol. The fourth-order valence-corrected chi connectivity index (χ4v) is 8.17. The molecule has 3 aromatic heterocycles. The van der Waals surface area contributed by atoms with Gasteiger partial charge in [-0.05, 0) is 53.7 Å². The molecule has 0 radical (unpaired) electrons. The van der Waals surface area contributed by atoms with Crippen molar-refractivity contribution in [2.75, 3.05) is 31.1 Å². The highest BCUT2D eigenvalue weighted by atomic mass is 32.2. The highest BCUT2D eigenvalue weighted by Crippen LogP contribution is 2.41. The van der Waals surface area contributed by atoms with E-state index in [0.717, 1.165) is 34.4 Å². The van der Waals surface area contributed by atoms with Gasteiger partial charge in [-0.25, -0.2) is 23.0 Å². The SMILES string of the molecule is O=S(=O)(c1cccc2nonc12)N1CCN(c2nc(-c3ccccc3)nc3sc4c(c23)CCCC4)CC1. The van der Waals surface area contributed by atoms with Gasteiger partial charge in [-0.15, -0.1) is 11.3 Å². The molecular formula is C26H24N6O3S2. The van der Waals surface area contributed by atoms with Gasteiger partial charge in [0.15, 0.2) is 11.3 Å². The number of piperazine rings is 1. The number of hydrogen-bond donors (Lipinski definition) is 0. The summed E-state index contributed by atoms with van der Waals surface area (Å²) in [5.41, 5.74) is 3.05. The zero-order valence-corrected chi connectivity index (χ0v) is 21.6. The number of rotatable bonds is 4. The number of nitrogens with zero attached hydrogens (tertiary/aromatic N) is 6. The summed E-state index contributed by atoms with van der Waals surface area (Å²) in [5, 5.41) is 8.77. The Balaban J connectivity index is 1.25. The molecule has 9 nitrogen and oxygen atoms in total. The summed E-state index contributed by atoms with van der Waals surface area (Å²) in [7, 11) is -3.75. The Morgan fingerprint density at radius 1 is 0.865 bits per heavy atom. The van der Waals surface area contributed by atoms with Crippen molar-refractivity contribution in [1.82, 2.24) is 24.6 Å². The van der Waals surface area contributed by atoms with Crippen LogP contribution < -0.4 is 4.90 Å². The molecule has 4 heterocycles. The highest BCUT2D eigenvalue weighted by Gasteiger charge is 2.33. The maximum atomic E-state index is 13.5. The predicted octanol–water partition coefficient (Wildman–Crippen LogP) is 4.28. The molecule has 0 amide bonds. The molecule has 5 aromatic rings. The topological polar surface area (TPSA) is 105 Å². The normalized spacial score (nSPS) is 16.9. The van der Waals surface area contributed by atoms with Crippen LogP contribution in [0.25, 0.3) is 32.6 Å². The van der Waals surface area contributed by atoms with Gasteiger partial charge in [-0.1, -0.05) is 36.4 Å². The Labute approximate surface area is 217 Å². The fraction of sp³-hybridized carbons (Fsp3) is 0.308. The van der Waals surface area contributed by atoms with Crippen LogP contribution in [0.5, 0.6) is 0 Å². The fourth-order valence-electron chi connectivity index (χ4n) is 5.35. The maximum absolute atomic E-state index is 13.5. The smallest absolute Gasteiger partial charge is 0.245 e. The summed E-state index contributed by atoms with van der Waals surface area (Å²) in [6.07, 6.45) is 4.51. The molecule has 0 spiro atoms. The predicted molar refractivity (Wildman–Crippen MR) is 142 cm³/mol. The third-order valence-electron chi connectivity index (χ3n) is 7.23. The Bertz CT molecular complexity index is 1720. The van der Waals surface area contributed by atoms with Crippen LogP contribution in [0.3, 0.4) is 0 Å². The number of fused-ring (bicyclic) bond motifs is 4. The molecule has 2 aromatic carbocycles. The van der Waals surface area contributed by atoms with Crippen LogP contribution in [0, 0.1) is 0 Å². The van der Waals surface area contributed by atoms with Gasteiger partial charge in [0.2, 0.25) is 10.0 Å². The number of sulfonamides is 1. The van der Waals surface area contributed by atoms with E-state index in [-0.39, 0.29) is 10.4 Å². The molecule has 0 saturated carbocycles. The van der Waals surface area contributed by atoms with E-state index in [2.05, 4.69) is 15.2 Å². The van der Waals surface area contributed by atoms with Crippen molar-refractivity contribution in [3.05, 3.63) is 59.0 Å². The first-order chi connectivity index (χ1) is 18.1. The van der Waals surface area contributed by atoms with E-state index in [1.807, 2.05) is 30.3 Å². The van der Waals surface area contributed by atoms with Gasteiger partial charge < -0.3 is 4.90 Å². The minimum atomic E-state index is -3.75. The molecule has 1 aliphatic carbocycles. The monoisotopic (exact) mass is 532 g/mol. The number of aromatic nitrogens is 4. The number of aryl methyl sites for hydroxylation is 2. The van der Waals surface area contributed by atoms with E-state index in [1.165, 1.54) is 27.6 Å². The quantitative estimate of drug-likeness (QED) is 0.338. The van der Waals surface area contributed by atoms with Gasteiger partial charge in [0.05, 0.1) is 5.39 Å². The second-order valence-electron chi connectivity index (χ2n) is 9.41. The van der Waals surface area contributed by atoms with Gasteiger partial charge in [0.25, 0.3) is 0 Å². The number of anilines is 1. The van der Waals surface area contributed by atoms with Crippen LogP contribution >= 0.6 is 11.3 Å². The van der Waals surface area contributed by atoms with Crippen molar-refractivity contribution in [2.45, 2.75) is 30.6 Å². The lowest BCUT2D eigenvalue weighted by Crippen LogP contribution is -2.49. The van der Waals surface area contributed by atoms with Crippen molar-refractivity contribution in [2.24, 2.45) is 0 Å². The van der Waals surface area contributed by atoms with Crippen LogP contribution in [0.2, 0.25) is 0 Å². The number of hydrogen-bond acceptors (Lipinski definition) is 9. The third kappa shape index (κ3) is 3.80. The first kappa shape index (κ1) is 22.8.